The molecule has 1 atom stereocenters. The number of piperidine rings is 1. The lowest BCUT2D eigenvalue weighted by Crippen LogP contribution is -2.30. The molecule has 7 heteroatoms. The van der Waals surface area contributed by atoms with Crippen molar-refractivity contribution in [2.75, 3.05) is 29.4 Å². The molecular weight excluding hydrogens is 422 g/mol. The summed E-state index contributed by atoms with van der Waals surface area (Å²) in [6.45, 7) is 4.69. The summed E-state index contributed by atoms with van der Waals surface area (Å²) in [6, 6.07) is 13.0. The molecule has 0 bridgehead atoms. The van der Waals surface area contributed by atoms with Crippen molar-refractivity contribution in [1.82, 2.24) is 4.72 Å². The number of nitrogens with zero attached hydrogens (tertiary/aromatic N) is 2. The Morgan fingerprint density at radius 3 is 2.41 bits per heavy atom. The lowest BCUT2D eigenvalue weighted by atomic mass is 10.1. The summed E-state index contributed by atoms with van der Waals surface area (Å²) in [5, 5.41) is 0. The molecule has 170 valence electrons. The molecule has 1 saturated carbocycles. The highest BCUT2D eigenvalue weighted by Crippen LogP contribution is 2.37. The molecule has 0 aromatic heterocycles. The molecule has 1 unspecified atom stereocenters. The fraction of sp³-hybridized carbons (Fsp3) is 0.480. The van der Waals surface area contributed by atoms with Crippen molar-refractivity contribution in [1.29, 1.82) is 0 Å². The highest BCUT2D eigenvalue weighted by atomic mass is 32.2. The number of carbonyl (C=O) groups excluding carboxylic acids is 1. The number of hydrogen-bond donors (Lipinski definition) is 1. The zero-order valence-corrected chi connectivity index (χ0v) is 19.4. The topological polar surface area (TPSA) is 69.7 Å². The van der Waals surface area contributed by atoms with Crippen LogP contribution in [0.25, 0.3) is 0 Å². The van der Waals surface area contributed by atoms with Crippen LogP contribution >= 0.6 is 0 Å². The minimum atomic E-state index is -3.67. The van der Waals surface area contributed by atoms with Crippen LogP contribution in [0.1, 0.15) is 56.2 Å². The van der Waals surface area contributed by atoms with E-state index in [-0.39, 0.29) is 22.8 Å². The van der Waals surface area contributed by atoms with Crippen molar-refractivity contribution >= 4 is 27.3 Å². The number of amides is 1. The number of carbonyl (C=O) groups is 1. The standard InChI is InChI=1S/C25H31N3O3S/c1-18(19-7-9-22(10-8-19)27-14-3-2-4-15-27)26-32(30,31)23-11-12-24-21(17-23)13-16-28(24)25(29)20-5-6-20/h7-12,17-18,20,26H,2-6,13-16H2,1H3. The molecule has 3 aliphatic rings. The van der Waals surface area contributed by atoms with Crippen molar-refractivity contribution in [3.8, 4) is 0 Å². The summed E-state index contributed by atoms with van der Waals surface area (Å²) in [4.78, 5) is 16.9. The van der Waals surface area contributed by atoms with Crippen molar-refractivity contribution in [2.45, 2.75) is 56.4 Å². The van der Waals surface area contributed by atoms with Crippen molar-refractivity contribution < 1.29 is 13.2 Å². The highest BCUT2D eigenvalue weighted by Gasteiger charge is 2.36. The van der Waals surface area contributed by atoms with Gasteiger partial charge in [0.05, 0.1) is 4.90 Å². The van der Waals surface area contributed by atoms with Crippen molar-refractivity contribution in [3.05, 3.63) is 53.6 Å². The van der Waals surface area contributed by atoms with Crippen LogP contribution in [0.3, 0.4) is 0 Å². The predicted molar refractivity (Wildman–Crippen MR) is 126 cm³/mol. The molecule has 2 heterocycles. The highest BCUT2D eigenvalue weighted by molar-refractivity contribution is 7.89. The first kappa shape index (κ1) is 21.5. The van der Waals surface area contributed by atoms with E-state index in [1.165, 1.54) is 24.9 Å². The second-order valence-corrected chi connectivity index (χ2v) is 11.0. The molecule has 1 saturated heterocycles. The van der Waals surface area contributed by atoms with Crippen LogP contribution in [-0.4, -0.2) is 34.0 Å². The van der Waals surface area contributed by atoms with Gasteiger partial charge in [0.1, 0.15) is 0 Å². The molecule has 5 rings (SSSR count). The zero-order valence-electron chi connectivity index (χ0n) is 18.6. The second kappa shape index (κ2) is 8.52. The van der Waals surface area contributed by atoms with Gasteiger partial charge in [-0.15, -0.1) is 0 Å². The third kappa shape index (κ3) is 4.28. The summed E-state index contributed by atoms with van der Waals surface area (Å²) in [5.74, 6) is 0.340. The molecule has 0 radical (unpaired) electrons. The largest absolute Gasteiger partial charge is 0.372 e. The second-order valence-electron chi connectivity index (χ2n) is 9.29. The Hall–Kier alpha value is -2.38. The van der Waals surface area contributed by atoms with Crippen molar-refractivity contribution in [2.24, 2.45) is 5.92 Å². The molecule has 1 amide bonds. The number of rotatable bonds is 6. The first-order chi connectivity index (χ1) is 15.4. The Labute approximate surface area is 190 Å². The van der Waals surface area contributed by atoms with Crippen molar-refractivity contribution in [3.63, 3.8) is 0 Å². The average Bonchev–Trinajstić information content (AvgIpc) is 3.58. The number of fused-ring (bicyclic) bond motifs is 1. The Bertz CT molecular complexity index is 1100. The van der Waals surface area contributed by atoms with Gasteiger partial charge in [0.25, 0.3) is 0 Å². The van der Waals surface area contributed by atoms with E-state index in [2.05, 4.69) is 21.8 Å². The first-order valence-corrected chi connectivity index (χ1v) is 13.2. The summed E-state index contributed by atoms with van der Waals surface area (Å²) >= 11 is 0. The summed E-state index contributed by atoms with van der Waals surface area (Å²) < 4.78 is 28.9. The summed E-state index contributed by atoms with van der Waals surface area (Å²) in [5.41, 5.74) is 3.94. The molecular formula is C25H31N3O3S. The summed E-state index contributed by atoms with van der Waals surface area (Å²) in [7, 11) is -3.67. The average molecular weight is 454 g/mol. The van der Waals surface area contributed by atoms with Gasteiger partial charge in [0.2, 0.25) is 15.9 Å². The molecule has 2 aliphatic heterocycles. The lowest BCUT2D eigenvalue weighted by molar-refractivity contribution is -0.119. The maximum Gasteiger partial charge on any atom is 0.241 e. The Kier molecular flexibility index (Phi) is 5.72. The van der Waals surface area contributed by atoms with Crippen LogP contribution in [0.5, 0.6) is 0 Å². The Balaban J connectivity index is 1.28. The number of sulfonamides is 1. The van der Waals surface area contributed by atoms with Gasteiger partial charge in [0.15, 0.2) is 0 Å². The SMILES string of the molecule is CC(NS(=O)(=O)c1ccc2c(c1)CCN2C(=O)C1CC1)c1ccc(N2CCCCC2)cc1. The fourth-order valence-corrected chi connectivity index (χ4v) is 6.10. The van der Waals surface area contributed by atoms with E-state index >= 15 is 0 Å². The van der Waals surface area contributed by atoms with Crippen LogP contribution in [0.2, 0.25) is 0 Å². The van der Waals surface area contributed by atoms with Gasteiger partial charge in [-0.05, 0) is 86.9 Å². The van der Waals surface area contributed by atoms with E-state index in [9.17, 15) is 13.2 Å². The van der Waals surface area contributed by atoms with Gasteiger partial charge in [-0.2, -0.15) is 0 Å². The van der Waals surface area contributed by atoms with E-state index < -0.39 is 10.0 Å². The van der Waals surface area contributed by atoms with E-state index in [4.69, 9.17) is 0 Å². The van der Waals surface area contributed by atoms with Gasteiger partial charge in [-0.25, -0.2) is 13.1 Å². The van der Waals surface area contributed by atoms with Gasteiger partial charge >= 0.3 is 0 Å². The molecule has 1 N–H and O–H groups in total. The maximum absolute atomic E-state index is 13.1. The quantitative estimate of drug-likeness (QED) is 0.717. The minimum absolute atomic E-state index is 0.160. The molecule has 2 aromatic carbocycles. The van der Waals surface area contributed by atoms with E-state index in [0.717, 1.165) is 42.7 Å². The molecule has 2 fully saturated rings. The van der Waals surface area contributed by atoms with Crippen LogP contribution in [0.4, 0.5) is 11.4 Å². The van der Waals surface area contributed by atoms with Crippen LogP contribution in [-0.2, 0) is 21.2 Å². The number of anilines is 2. The predicted octanol–water partition coefficient (Wildman–Crippen LogP) is 4.02. The summed E-state index contributed by atoms with van der Waals surface area (Å²) in [6.07, 6.45) is 6.39. The van der Waals surface area contributed by atoms with Gasteiger partial charge in [-0.1, -0.05) is 12.1 Å². The van der Waals surface area contributed by atoms with Gasteiger partial charge < -0.3 is 9.80 Å². The molecule has 6 nitrogen and oxygen atoms in total. The number of hydrogen-bond acceptors (Lipinski definition) is 4. The number of nitrogens with one attached hydrogen (secondary N) is 1. The monoisotopic (exact) mass is 453 g/mol. The Morgan fingerprint density at radius 1 is 1.00 bits per heavy atom. The van der Waals surface area contributed by atoms with Gasteiger partial charge in [0, 0.05) is 43.0 Å². The van der Waals surface area contributed by atoms with E-state index in [1.807, 2.05) is 24.0 Å². The molecule has 1 aliphatic carbocycles. The van der Waals surface area contributed by atoms with E-state index in [1.54, 1.807) is 18.2 Å². The van der Waals surface area contributed by atoms with Crippen LogP contribution in [0, 0.1) is 5.92 Å². The van der Waals surface area contributed by atoms with Crippen LogP contribution in [0.15, 0.2) is 47.4 Å². The molecule has 32 heavy (non-hydrogen) atoms. The third-order valence-electron chi connectivity index (χ3n) is 6.90. The van der Waals surface area contributed by atoms with Crippen LogP contribution < -0.4 is 14.5 Å². The number of benzene rings is 2. The maximum atomic E-state index is 13.1. The van der Waals surface area contributed by atoms with Gasteiger partial charge in [-0.3, -0.25) is 4.79 Å². The molecule has 2 aromatic rings. The Morgan fingerprint density at radius 2 is 1.72 bits per heavy atom. The smallest absolute Gasteiger partial charge is 0.241 e. The first-order valence-electron chi connectivity index (χ1n) is 11.7. The minimum Gasteiger partial charge on any atom is -0.372 e. The fourth-order valence-electron chi connectivity index (χ4n) is 4.82. The zero-order chi connectivity index (χ0) is 22.3. The normalized spacial score (nSPS) is 19.7. The lowest BCUT2D eigenvalue weighted by Gasteiger charge is -2.29. The third-order valence-corrected chi connectivity index (χ3v) is 8.43. The molecule has 0 spiro atoms. The van der Waals surface area contributed by atoms with E-state index in [0.29, 0.717) is 13.0 Å².